The number of carboxylic acid groups (broad SMARTS) is 1. The summed E-state index contributed by atoms with van der Waals surface area (Å²) in [7, 11) is 1.55. The second-order valence-electron chi connectivity index (χ2n) is 3.45. The Labute approximate surface area is 77.6 Å². The molecule has 5 heteroatoms. The molecule has 1 saturated heterocycles. The van der Waals surface area contributed by atoms with Crippen molar-refractivity contribution in [3.63, 3.8) is 0 Å². The lowest BCUT2D eigenvalue weighted by Gasteiger charge is -2.18. The Bertz CT molecular complexity index is 186. The van der Waals surface area contributed by atoms with Crippen LogP contribution in [0.25, 0.3) is 0 Å². The van der Waals surface area contributed by atoms with Crippen molar-refractivity contribution in [1.29, 1.82) is 0 Å². The smallest absolute Gasteiger partial charge is 0.407 e. The third-order valence-electron chi connectivity index (χ3n) is 2.33. The number of hydrogen-bond donors (Lipinski definition) is 2. The van der Waals surface area contributed by atoms with Gasteiger partial charge in [-0.2, -0.15) is 0 Å². The molecule has 0 aromatic carbocycles. The van der Waals surface area contributed by atoms with E-state index in [2.05, 4.69) is 4.90 Å². The highest BCUT2D eigenvalue weighted by atomic mass is 16.4. The van der Waals surface area contributed by atoms with Crippen molar-refractivity contribution in [3.05, 3.63) is 0 Å². The van der Waals surface area contributed by atoms with Crippen LogP contribution in [0.5, 0.6) is 0 Å². The maximum atomic E-state index is 10.4. The average molecular weight is 188 g/mol. The number of aliphatic hydroxyl groups excluding tert-OH is 1. The van der Waals surface area contributed by atoms with Gasteiger partial charge in [0, 0.05) is 33.2 Å². The Hall–Kier alpha value is -0.810. The minimum Gasteiger partial charge on any atom is -0.465 e. The fraction of sp³-hybridized carbons (Fsp3) is 0.875. The molecule has 1 atom stereocenters. The Kier molecular flexibility index (Phi) is 3.50. The lowest BCUT2D eigenvalue weighted by atomic mass is 10.3. The molecule has 1 aliphatic heterocycles. The molecule has 1 fully saturated rings. The molecular formula is C8H16N2O3. The summed E-state index contributed by atoms with van der Waals surface area (Å²) in [5.74, 6) is 0. The van der Waals surface area contributed by atoms with Crippen LogP contribution in [0.3, 0.4) is 0 Å². The van der Waals surface area contributed by atoms with Crippen LogP contribution in [0.2, 0.25) is 0 Å². The predicted molar refractivity (Wildman–Crippen MR) is 47.7 cm³/mol. The van der Waals surface area contributed by atoms with E-state index in [1.807, 2.05) is 0 Å². The van der Waals surface area contributed by atoms with E-state index < -0.39 is 6.09 Å². The van der Waals surface area contributed by atoms with Gasteiger partial charge >= 0.3 is 6.09 Å². The molecule has 1 heterocycles. The highest BCUT2D eigenvalue weighted by Crippen LogP contribution is 2.07. The summed E-state index contributed by atoms with van der Waals surface area (Å²) in [6.07, 6.45) is -0.327. The Morgan fingerprint density at radius 2 is 2.38 bits per heavy atom. The molecule has 0 bridgehead atoms. The van der Waals surface area contributed by atoms with Crippen molar-refractivity contribution >= 4 is 6.09 Å². The molecule has 0 aromatic rings. The molecule has 0 radical (unpaired) electrons. The highest BCUT2D eigenvalue weighted by molar-refractivity contribution is 5.64. The van der Waals surface area contributed by atoms with Crippen LogP contribution < -0.4 is 0 Å². The fourth-order valence-electron chi connectivity index (χ4n) is 1.40. The van der Waals surface area contributed by atoms with E-state index in [9.17, 15) is 9.90 Å². The zero-order valence-electron chi connectivity index (χ0n) is 7.81. The Balaban J connectivity index is 2.16. The lowest BCUT2D eigenvalue weighted by molar-refractivity contribution is 0.146. The normalized spacial score (nSPS) is 23.4. The van der Waals surface area contributed by atoms with Gasteiger partial charge in [0.2, 0.25) is 0 Å². The number of nitrogens with zero attached hydrogens (tertiary/aromatic N) is 2. The number of hydrogen-bond acceptors (Lipinski definition) is 3. The third-order valence-corrected chi connectivity index (χ3v) is 2.33. The summed E-state index contributed by atoms with van der Waals surface area (Å²) in [6.45, 7) is 2.75. The number of carbonyl (C=O) groups is 1. The second-order valence-corrected chi connectivity index (χ2v) is 3.45. The maximum absolute atomic E-state index is 10.4. The minimum absolute atomic E-state index is 0.227. The molecule has 0 unspecified atom stereocenters. The summed E-state index contributed by atoms with van der Waals surface area (Å²) in [5, 5.41) is 17.8. The molecule has 0 aliphatic carbocycles. The summed E-state index contributed by atoms with van der Waals surface area (Å²) in [5.41, 5.74) is 0. The van der Waals surface area contributed by atoms with Gasteiger partial charge in [0.05, 0.1) is 6.10 Å². The minimum atomic E-state index is -0.903. The molecule has 13 heavy (non-hydrogen) atoms. The van der Waals surface area contributed by atoms with Gasteiger partial charge in [0.15, 0.2) is 0 Å². The quantitative estimate of drug-likeness (QED) is 0.636. The second kappa shape index (κ2) is 4.43. The van der Waals surface area contributed by atoms with Gasteiger partial charge in [-0.15, -0.1) is 0 Å². The number of aliphatic hydroxyl groups is 1. The molecule has 1 aliphatic rings. The van der Waals surface area contributed by atoms with Crippen LogP contribution in [-0.2, 0) is 0 Å². The Morgan fingerprint density at radius 3 is 2.85 bits per heavy atom. The zero-order chi connectivity index (χ0) is 9.84. The van der Waals surface area contributed by atoms with E-state index in [4.69, 9.17) is 5.11 Å². The van der Waals surface area contributed by atoms with Gasteiger partial charge in [0.1, 0.15) is 0 Å². The predicted octanol–water partition coefficient (Wildman–Crippen LogP) is -0.337. The van der Waals surface area contributed by atoms with Gasteiger partial charge < -0.3 is 15.1 Å². The van der Waals surface area contributed by atoms with Crippen LogP contribution in [0, 0.1) is 0 Å². The first-order chi connectivity index (χ1) is 6.09. The van der Waals surface area contributed by atoms with Crippen molar-refractivity contribution < 1.29 is 15.0 Å². The molecule has 1 amide bonds. The molecule has 5 nitrogen and oxygen atoms in total. The first-order valence-electron chi connectivity index (χ1n) is 4.44. The molecule has 1 rings (SSSR count). The number of likely N-dealkylation sites (tertiary alicyclic amines) is 1. The molecule has 2 N–H and O–H groups in total. The van der Waals surface area contributed by atoms with E-state index in [-0.39, 0.29) is 6.10 Å². The number of likely N-dealkylation sites (N-methyl/N-ethyl adjacent to an activating group) is 1. The van der Waals surface area contributed by atoms with Crippen LogP contribution in [0.1, 0.15) is 6.42 Å². The first kappa shape index (κ1) is 10.3. The van der Waals surface area contributed by atoms with E-state index >= 15 is 0 Å². The van der Waals surface area contributed by atoms with Crippen molar-refractivity contribution in [2.24, 2.45) is 0 Å². The zero-order valence-corrected chi connectivity index (χ0v) is 7.81. The summed E-state index contributed by atoms with van der Waals surface area (Å²) in [4.78, 5) is 13.8. The monoisotopic (exact) mass is 188 g/mol. The summed E-state index contributed by atoms with van der Waals surface area (Å²) >= 11 is 0. The molecule has 0 spiro atoms. The van der Waals surface area contributed by atoms with Gasteiger partial charge in [-0.05, 0) is 6.42 Å². The van der Waals surface area contributed by atoms with Crippen LogP contribution >= 0.6 is 0 Å². The first-order valence-corrected chi connectivity index (χ1v) is 4.44. The number of rotatable bonds is 3. The standard InChI is InChI=1S/C8H16N2O3/c1-9(8(12)13)4-5-10-3-2-7(11)6-10/h7,11H,2-6H2,1H3,(H,12,13)/t7-/m0/s1. The van der Waals surface area contributed by atoms with Crippen molar-refractivity contribution in [2.75, 3.05) is 33.2 Å². The molecule has 76 valence electrons. The highest BCUT2D eigenvalue weighted by Gasteiger charge is 2.20. The van der Waals surface area contributed by atoms with Crippen molar-refractivity contribution in [3.8, 4) is 0 Å². The van der Waals surface area contributed by atoms with Crippen LogP contribution in [0.4, 0.5) is 4.79 Å². The van der Waals surface area contributed by atoms with Gasteiger partial charge in [-0.1, -0.05) is 0 Å². The van der Waals surface area contributed by atoms with Crippen molar-refractivity contribution in [1.82, 2.24) is 9.80 Å². The molecular weight excluding hydrogens is 172 g/mol. The SMILES string of the molecule is CN(CCN1CC[C@H](O)C1)C(=O)O. The molecule has 0 saturated carbocycles. The largest absolute Gasteiger partial charge is 0.465 e. The van der Waals surface area contributed by atoms with E-state index in [1.165, 1.54) is 4.90 Å². The molecule has 0 aromatic heterocycles. The third kappa shape index (κ3) is 3.20. The van der Waals surface area contributed by atoms with E-state index in [0.29, 0.717) is 19.6 Å². The maximum Gasteiger partial charge on any atom is 0.407 e. The van der Waals surface area contributed by atoms with Crippen molar-refractivity contribution in [2.45, 2.75) is 12.5 Å². The number of amides is 1. The van der Waals surface area contributed by atoms with E-state index in [0.717, 1.165) is 13.0 Å². The summed E-state index contributed by atoms with van der Waals surface area (Å²) in [6, 6.07) is 0. The fourth-order valence-corrected chi connectivity index (χ4v) is 1.40. The number of β-amino-alcohol motifs (C(OH)–C–C–N with tert-alkyl or cyclic N) is 1. The lowest BCUT2D eigenvalue weighted by Crippen LogP contribution is -2.34. The van der Waals surface area contributed by atoms with Gasteiger partial charge in [-0.3, -0.25) is 4.90 Å². The Morgan fingerprint density at radius 1 is 1.69 bits per heavy atom. The van der Waals surface area contributed by atoms with Gasteiger partial charge in [-0.25, -0.2) is 4.79 Å². The van der Waals surface area contributed by atoms with Gasteiger partial charge in [0.25, 0.3) is 0 Å². The summed E-state index contributed by atoms with van der Waals surface area (Å²) < 4.78 is 0. The van der Waals surface area contributed by atoms with E-state index in [1.54, 1.807) is 7.05 Å². The topological polar surface area (TPSA) is 64.0 Å². The van der Waals surface area contributed by atoms with Crippen LogP contribution in [0.15, 0.2) is 0 Å². The van der Waals surface area contributed by atoms with Crippen LogP contribution in [-0.4, -0.2) is 65.4 Å². The average Bonchev–Trinajstić information content (AvgIpc) is 2.47.